The minimum Gasteiger partial charge on any atom is -0.495 e. The number of hydrogen-bond acceptors (Lipinski definition) is 4. The Morgan fingerprint density at radius 3 is 2.41 bits per heavy atom. The van der Waals surface area contributed by atoms with Crippen LogP contribution in [0.25, 0.3) is 0 Å². The molecule has 0 N–H and O–H groups in total. The third kappa shape index (κ3) is 2.90. The van der Waals surface area contributed by atoms with Crippen LogP contribution in [0.4, 0.5) is 0 Å². The van der Waals surface area contributed by atoms with E-state index in [1.54, 1.807) is 7.11 Å². The van der Waals surface area contributed by atoms with E-state index in [1.165, 1.54) is 32.8 Å². The minimum absolute atomic E-state index is 0.330. The molecule has 120 valence electrons. The molecule has 5 heteroatoms. The van der Waals surface area contributed by atoms with Gasteiger partial charge >= 0.3 is 5.97 Å². The first-order chi connectivity index (χ1) is 10.7. The average molecular weight is 385 g/mol. The quantitative estimate of drug-likeness (QED) is 0.691. The number of hydrogen-bond donors (Lipinski definition) is 0. The van der Waals surface area contributed by atoms with Gasteiger partial charge in [-0.15, -0.1) is 0 Å². The number of thioether (sulfide) groups is 1. The van der Waals surface area contributed by atoms with Gasteiger partial charge < -0.3 is 9.47 Å². The van der Waals surface area contributed by atoms with Crippen LogP contribution >= 0.6 is 27.7 Å². The Hall–Kier alpha value is -0.680. The number of methoxy groups -OCH3 is 2. The van der Waals surface area contributed by atoms with Crippen molar-refractivity contribution in [2.45, 2.75) is 36.7 Å². The summed E-state index contributed by atoms with van der Waals surface area (Å²) in [6.07, 6.45) is 5.54. The SMILES string of the molecule is COC(=O)c1c(CSC2C3CCC2CC3)ccc(Br)c1OC. The highest BCUT2D eigenvalue weighted by molar-refractivity contribution is 9.10. The Balaban J connectivity index is 1.82. The summed E-state index contributed by atoms with van der Waals surface area (Å²) in [6, 6.07) is 3.95. The monoisotopic (exact) mass is 384 g/mol. The molecule has 0 saturated heterocycles. The number of ether oxygens (including phenoxy) is 2. The smallest absolute Gasteiger partial charge is 0.342 e. The van der Waals surface area contributed by atoms with Gasteiger partial charge in [0.05, 0.1) is 18.7 Å². The van der Waals surface area contributed by atoms with Gasteiger partial charge in [0.25, 0.3) is 0 Å². The molecule has 0 amide bonds. The maximum atomic E-state index is 12.2. The van der Waals surface area contributed by atoms with E-state index in [2.05, 4.69) is 15.9 Å². The van der Waals surface area contributed by atoms with Crippen molar-refractivity contribution < 1.29 is 14.3 Å². The molecule has 3 nitrogen and oxygen atoms in total. The molecule has 2 bridgehead atoms. The van der Waals surface area contributed by atoms with Crippen LogP contribution in [0.5, 0.6) is 5.75 Å². The second-order valence-electron chi connectivity index (χ2n) is 6.06. The molecule has 2 aliphatic rings. The summed E-state index contributed by atoms with van der Waals surface area (Å²) in [7, 11) is 3.00. The third-order valence-corrected chi connectivity index (χ3v) is 7.22. The number of benzene rings is 1. The molecule has 0 aliphatic heterocycles. The number of carbonyl (C=O) groups is 1. The molecule has 0 heterocycles. The highest BCUT2D eigenvalue weighted by atomic mass is 79.9. The van der Waals surface area contributed by atoms with Crippen molar-refractivity contribution >= 4 is 33.7 Å². The number of rotatable bonds is 5. The van der Waals surface area contributed by atoms with E-state index in [0.29, 0.717) is 11.3 Å². The first-order valence-corrected chi connectivity index (χ1v) is 9.55. The third-order valence-electron chi connectivity index (χ3n) is 4.97. The van der Waals surface area contributed by atoms with Gasteiger partial charge in [-0.2, -0.15) is 11.8 Å². The van der Waals surface area contributed by atoms with Crippen LogP contribution in [0.3, 0.4) is 0 Å². The number of esters is 1. The lowest BCUT2D eigenvalue weighted by atomic mass is 10.0. The first kappa shape index (κ1) is 16.2. The van der Waals surface area contributed by atoms with E-state index < -0.39 is 0 Å². The topological polar surface area (TPSA) is 35.5 Å². The molecule has 0 aromatic heterocycles. The lowest BCUT2D eigenvalue weighted by molar-refractivity contribution is 0.0596. The van der Waals surface area contributed by atoms with Gasteiger partial charge in [-0.3, -0.25) is 0 Å². The molecule has 1 aromatic carbocycles. The van der Waals surface area contributed by atoms with Crippen LogP contribution < -0.4 is 4.74 Å². The van der Waals surface area contributed by atoms with E-state index in [4.69, 9.17) is 9.47 Å². The Labute approximate surface area is 144 Å². The summed E-state index contributed by atoms with van der Waals surface area (Å²) < 4.78 is 11.1. The van der Waals surface area contributed by atoms with Gasteiger partial charge in [0, 0.05) is 11.0 Å². The fraction of sp³-hybridized carbons (Fsp3) is 0.588. The number of fused-ring (bicyclic) bond motifs is 2. The second-order valence-corrected chi connectivity index (χ2v) is 8.08. The van der Waals surface area contributed by atoms with Gasteiger partial charge in [-0.1, -0.05) is 6.07 Å². The van der Waals surface area contributed by atoms with E-state index in [1.807, 2.05) is 23.9 Å². The van der Waals surface area contributed by atoms with Crippen molar-refractivity contribution in [1.82, 2.24) is 0 Å². The molecule has 3 rings (SSSR count). The number of halogens is 1. The van der Waals surface area contributed by atoms with Crippen LogP contribution in [-0.4, -0.2) is 25.4 Å². The molecule has 0 unspecified atom stereocenters. The van der Waals surface area contributed by atoms with Crippen molar-refractivity contribution in [2.24, 2.45) is 11.8 Å². The van der Waals surface area contributed by atoms with Crippen molar-refractivity contribution in [3.63, 3.8) is 0 Å². The highest BCUT2D eigenvalue weighted by Crippen LogP contribution is 2.51. The van der Waals surface area contributed by atoms with E-state index in [0.717, 1.165) is 32.9 Å². The minimum atomic E-state index is -0.330. The number of carbonyl (C=O) groups excluding carboxylic acids is 1. The lowest BCUT2D eigenvalue weighted by Crippen LogP contribution is -2.11. The molecule has 0 spiro atoms. The molecular weight excluding hydrogens is 364 g/mol. The van der Waals surface area contributed by atoms with E-state index in [-0.39, 0.29) is 5.97 Å². The Morgan fingerprint density at radius 1 is 1.23 bits per heavy atom. The van der Waals surface area contributed by atoms with Crippen LogP contribution in [0, 0.1) is 11.8 Å². The zero-order chi connectivity index (χ0) is 15.7. The van der Waals surface area contributed by atoms with Crippen molar-refractivity contribution in [1.29, 1.82) is 0 Å². The molecule has 0 atom stereocenters. The summed E-state index contributed by atoms with van der Waals surface area (Å²) in [4.78, 5) is 12.2. The zero-order valence-electron chi connectivity index (χ0n) is 12.9. The van der Waals surface area contributed by atoms with Gasteiger partial charge in [-0.25, -0.2) is 4.79 Å². The second kappa shape index (κ2) is 6.83. The molecule has 2 fully saturated rings. The van der Waals surface area contributed by atoms with E-state index >= 15 is 0 Å². The zero-order valence-corrected chi connectivity index (χ0v) is 15.3. The Morgan fingerprint density at radius 2 is 1.86 bits per heavy atom. The summed E-state index contributed by atoms with van der Waals surface area (Å²) in [5.41, 5.74) is 1.56. The van der Waals surface area contributed by atoms with Crippen LogP contribution in [0.2, 0.25) is 0 Å². The summed E-state index contributed by atoms with van der Waals surface area (Å²) in [5, 5.41) is 0.764. The molecule has 22 heavy (non-hydrogen) atoms. The predicted octanol–water partition coefficient (Wildman–Crippen LogP) is 4.67. The maximum Gasteiger partial charge on any atom is 0.342 e. The van der Waals surface area contributed by atoms with Crippen molar-refractivity contribution in [3.05, 3.63) is 27.7 Å². The molecule has 1 aromatic rings. The maximum absolute atomic E-state index is 12.2. The van der Waals surface area contributed by atoms with Crippen LogP contribution in [-0.2, 0) is 10.5 Å². The summed E-state index contributed by atoms with van der Waals surface area (Å²) >= 11 is 5.45. The fourth-order valence-corrected chi connectivity index (χ4v) is 6.08. The molecular formula is C17H21BrO3S. The summed E-state index contributed by atoms with van der Waals surface area (Å²) in [5.74, 6) is 2.84. The van der Waals surface area contributed by atoms with Gasteiger partial charge in [-0.05, 0) is 65.1 Å². The Kier molecular flexibility index (Phi) is 5.03. The molecule has 0 radical (unpaired) electrons. The average Bonchev–Trinajstić information content (AvgIpc) is 3.12. The van der Waals surface area contributed by atoms with Gasteiger partial charge in [0.15, 0.2) is 0 Å². The predicted molar refractivity (Wildman–Crippen MR) is 92.6 cm³/mol. The van der Waals surface area contributed by atoms with Gasteiger partial charge in [0.1, 0.15) is 11.3 Å². The molecule has 2 saturated carbocycles. The van der Waals surface area contributed by atoms with Gasteiger partial charge in [0.2, 0.25) is 0 Å². The van der Waals surface area contributed by atoms with Crippen LogP contribution in [0.15, 0.2) is 16.6 Å². The first-order valence-electron chi connectivity index (χ1n) is 7.71. The van der Waals surface area contributed by atoms with Crippen molar-refractivity contribution in [3.8, 4) is 5.75 Å². The summed E-state index contributed by atoms with van der Waals surface area (Å²) in [6.45, 7) is 0. The van der Waals surface area contributed by atoms with Crippen LogP contribution in [0.1, 0.15) is 41.6 Å². The lowest BCUT2D eigenvalue weighted by Gasteiger charge is -2.18. The van der Waals surface area contributed by atoms with E-state index in [9.17, 15) is 4.79 Å². The standard InChI is InChI=1S/C17H21BrO3S/c1-20-15-13(18)8-7-12(14(15)17(19)21-2)9-22-16-10-3-4-11(16)6-5-10/h7-8,10-11,16H,3-6,9H2,1-2H3. The normalized spacial score (nSPS) is 26.2. The van der Waals surface area contributed by atoms with Crippen molar-refractivity contribution in [2.75, 3.05) is 14.2 Å². The fourth-order valence-electron chi connectivity index (χ4n) is 3.89. The largest absolute Gasteiger partial charge is 0.495 e. The molecule has 2 aliphatic carbocycles. The Bertz CT molecular complexity index is 555. The highest BCUT2D eigenvalue weighted by Gasteiger charge is 2.41.